The first-order valence-corrected chi connectivity index (χ1v) is 10.3. The van der Waals surface area contributed by atoms with Crippen molar-refractivity contribution in [3.05, 3.63) is 53.3 Å². The van der Waals surface area contributed by atoms with Gasteiger partial charge in [-0.05, 0) is 43.5 Å². The fourth-order valence-electron chi connectivity index (χ4n) is 4.50. The van der Waals surface area contributed by atoms with Crippen molar-refractivity contribution in [1.29, 1.82) is 0 Å². The van der Waals surface area contributed by atoms with E-state index in [0.29, 0.717) is 35.5 Å². The van der Waals surface area contributed by atoms with E-state index in [-0.39, 0.29) is 24.3 Å². The molecule has 1 aliphatic carbocycles. The molecule has 1 heterocycles. The van der Waals surface area contributed by atoms with Crippen LogP contribution in [-0.2, 0) is 11.3 Å². The van der Waals surface area contributed by atoms with Crippen LogP contribution in [0.5, 0.6) is 5.75 Å². The molecule has 0 spiro atoms. The molecule has 6 nitrogen and oxygen atoms in total. The smallest absolute Gasteiger partial charge is 0.323 e. The molecule has 0 unspecified atom stereocenters. The molecule has 30 heavy (non-hydrogen) atoms. The Morgan fingerprint density at radius 1 is 1.20 bits per heavy atom. The van der Waals surface area contributed by atoms with Gasteiger partial charge < -0.3 is 20.3 Å². The molecule has 4 rings (SSSR count). The second-order valence-electron chi connectivity index (χ2n) is 8.01. The fraction of sp³-hybridized carbons (Fsp3) is 0.391. The van der Waals surface area contributed by atoms with Gasteiger partial charge in [-0.1, -0.05) is 31.4 Å². The van der Waals surface area contributed by atoms with Crippen molar-refractivity contribution in [3.8, 4) is 5.75 Å². The van der Waals surface area contributed by atoms with Crippen LogP contribution in [0.1, 0.15) is 43.2 Å². The summed E-state index contributed by atoms with van der Waals surface area (Å²) in [5.74, 6) is 0.0485. The Hall–Kier alpha value is -3.09. The highest BCUT2D eigenvalue weighted by atomic mass is 19.1. The van der Waals surface area contributed by atoms with Crippen molar-refractivity contribution >= 4 is 23.3 Å². The summed E-state index contributed by atoms with van der Waals surface area (Å²) in [6, 6.07) is 9.72. The largest absolute Gasteiger partial charge is 0.496 e. The van der Waals surface area contributed by atoms with Gasteiger partial charge in [-0.3, -0.25) is 4.79 Å². The zero-order valence-electron chi connectivity index (χ0n) is 17.3. The number of carbonyl (C=O) groups excluding carboxylic acids is 2. The van der Waals surface area contributed by atoms with Crippen LogP contribution in [0.2, 0.25) is 0 Å². The highest BCUT2D eigenvalue weighted by Gasteiger charge is 2.48. The lowest BCUT2D eigenvalue weighted by atomic mass is 9.78. The van der Waals surface area contributed by atoms with E-state index in [1.165, 1.54) is 11.0 Å². The number of nitrogens with one attached hydrogen (secondary N) is 2. The number of amides is 3. The third-order valence-electron chi connectivity index (χ3n) is 6.21. The molecule has 1 fully saturated rings. The van der Waals surface area contributed by atoms with Crippen LogP contribution in [0.15, 0.2) is 36.4 Å². The first-order chi connectivity index (χ1) is 14.4. The maximum atomic E-state index is 14.4. The number of hydrogen-bond donors (Lipinski definition) is 2. The van der Waals surface area contributed by atoms with Crippen LogP contribution in [0.4, 0.5) is 20.6 Å². The van der Waals surface area contributed by atoms with E-state index in [1.54, 1.807) is 25.3 Å². The van der Waals surface area contributed by atoms with E-state index < -0.39 is 5.54 Å². The van der Waals surface area contributed by atoms with Crippen molar-refractivity contribution < 1.29 is 18.7 Å². The molecular formula is C23H26FN3O3. The molecule has 2 aliphatic rings. The molecule has 0 saturated heterocycles. The minimum Gasteiger partial charge on any atom is -0.496 e. The van der Waals surface area contributed by atoms with Gasteiger partial charge in [-0.15, -0.1) is 0 Å². The van der Waals surface area contributed by atoms with E-state index in [1.807, 2.05) is 19.1 Å². The maximum absolute atomic E-state index is 14.4. The first kappa shape index (κ1) is 20.2. The standard InChI is InChI=1S/C23H26FN3O3/c1-15-9-10-16(13-20(15)30-2)25-21(28)23(11-4-3-5-12-23)27-14-17-18(24)7-6-8-19(17)26-22(27)29/h6-10,13H,3-5,11-12,14H2,1-2H3,(H,25,28)(H,26,29). The minimum absolute atomic E-state index is 0.0679. The maximum Gasteiger partial charge on any atom is 0.323 e. The molecule has 158 valence electrons. The van der Waals surface area contributed by atoms with Crippen LogP contribution < -0.4 is 15.4 Å². The number of hydrogen-bond acceptors (Lipinski definition) is 3. The number of aryl methyl sites for hydroxylation is 1. The molecule has 2 aromatic carbocycles. The van der Waals surface area contributed by atoms with Gasteiger partial charge in [0.15, 0.2) is 0 Å². The van der Waals surface area contributed by atoms with Gasteiger partial charge in [0.05, 0.1) is 19.3 Å². The number of halogens is 1. The number of methoxy groups -OCH3 is 1. The SMILES string of the molecule is COc1cc(NC(=O)C2(N3Cc4c(F)cccc4NC3=O)CCCCC2)ccc1C. The topological polar surface area (TPSA) is 70.7 Å². The lowest BCUT2D eigenvalue weighted by Crippen LogP contribution is -2.61. The van der Waals surface area contributed by atoms with Crippen molar-refractivity contribution in [2.24, 2.45) is 0 Å². The Bertz CT molecular complexity index is 986. The number of rotatable bonds is 4. The normalized spacial score (nSPS) is 17.7. The number of ether oxygens (including phenoxy) is 1. The number of anilines is 2. The quantitative estimate of drug-likeness (QED) is 0.757. The van der Waals surface area contributed by atoms with E-state index >= 15 is 0 Å². The van der Waals surface area contributed by atoms with Gasteiger partial charge in [0.2, 0.25) is 5.91 Å². The van der Waals surface area contributed by atoms with Crippen molar-refractivity contribution in [2.45, 2.75) is 51.1 Å². The fourth-order valence-corrected chi connectivity index (χ4v) is 4.50. The summed E-state index contributed by atoms with van der Waals surface area (Å²) in [7, 11) is 1.58. The van der Waals surface area contributed by atoms with Gasteiger partial charge in [-0.25, -0.2) is 9.18 Å². The molecule has 1 aliphatic heterocycles. The number of fused-ring (bicyclic) bond motifs is 1. The number of benzene rings is 2. The van der Waals surface area contributed by atoms with Crippen LogP contribution in [0.25, 0.3) is 0 Å². The zero-order chi connectivity index (χ0) is 21.3. The molecular weight excluding hydrogens is 385 g/mol. The van der Waals surface area contributed by atoms with E-state index in [9.17, 15) is 14.0 Å². The van der Waals surface area contributed by atoms with Gasteiger partial charge in [0.1, 0.15) is 17.1 Å². The summed E-state index contributed by atoms with van der Waals surface area (Å²) in [4.78, 5) is 28.0. The molecule has 2 aromatic rings. The predicted octanol–water partition coefficient (Wildman–Crippen LogP) is 4.83. The molecule has 2 N–H and O–H groups in total. The second-order valence-corrected chi connectivity index (χ2v) is 8.01. The first-order valence-electron chi connectivity index (χ1n) is 10.3. The summed E-state index contributed by atoms with van der Waals surface area (Å²) in [5.41, 5.74) is 1.42. The summed E-state index contributed by atoms with van der Waals surface area (Å²) < 4.78 is 19.8. The lowest BCUT2D eigenvalue weighted by Gasteiger charge is -2.46. The van der Waals surface area contributed by atoms with Crippen molar-refractivity contribution in [2.75, 3.05) is 17.7 Å². The van der Waals surface area contributed by atoms with Gasteiger partial charge in [0.25, 0.3) is 0 Å². The van der Waals surface area contributed by atoms with Crippen LogP contribution >= 0.6 is 0 Å². The summed E-state index contributed by atoms with van der Waals surface area (Å²) >= 11 is 0. The minimum atomic E-state index is -1.03. The second kappa shape index (κ2) is 7.97. The Morgan fingerprint density at radius 2 is 1.97 bits per heavy atom. The Balaban J connectivity index is 1.67. The molecule has 1 saturated carbocycles. The number of urea groups is 1. The predicted molar refractivity (Wildman–Crippen MR) is 113 cm³/mol. The molecule has 0 bridgehead atoms. The molecule has 3 amide bonds. The Kier molecular flexibility index (Phi) is 5.37. The van der Waals surface area contributed by atoms with Crippen LogP contribution in [-0.4, -0.2) is 29.5 Å². The third-order valence-corrected chi connectivity index (χ3v) is 6.21. The average Bonchev–Trinajstić information content (AvgIpc) is 2.75. The van der Waals surface area contributed by atoms with Gasteiger partial charge >= 0.3 is 6.03 Å². The highest BCUT2D eigenvalue weighted by molar-refractivity contribution is 6.03. The Morgan fingerprint density at radius 3 is 2.70 bits per heavy atom. The monoisotopic (exact) mass is 411 g/mol. The summed E-state index contributed by atoms with van der Waals surface area (Å²) in [6.45, 7) is 2.00. The van der Waals surface area contributed by atoms with E-state index in [0.717, 1.165) is 24.8 Å². The van der Waals surface area contributed by atoms with E-state index in [2.05, 4.69) is 10.6 Å². The van der Waals surface area contributed by atoms with Crippen molar-refractivity contribution in [1.82, 2.24) is 4.90 Å². The van der Waals surface area contributed by atoms with Gasteiger partial charge in [0, 0.05) is 17.3 Å². The molecule has 0 atom stereocenters. The van der Waals surface area contributed by atoms with Gasteiger partial charge in [-0.2, -0.15) is 0 Å². The molecule has 0 radical (unpaired) electrons. The average molecular weight is 411 g/mol. The third kappa shape index (κ3) is 3.49. The van der Waals surface area contributed by atoms with Crippen molar-refractivity contribution in [3.63, 3.8) is 0 Å². The van der Waals surface area contributed by atoms with Crippen LogP contribution in [0.3, 0.4) is 0 Å². The summed E-state index contributed by atoms with van der Waals surface area (Å²) in [6.07, 6.45) is 3.75. The number of nitrogens with zero attached hydrogens (tertiary/aromatic N) is 1. The summed E-state index contributed by atoms with van der Waals surface area (Å²) in [5, 5.41) is 5.74. The number of carbonyl (C=O) groups is 2. The van der Waals surface area contributed by atoms with E-state index in [4.69, 9.17) is 4.74 Å². The van der Waals surface area contributed by atoms with Crippen LogP contribution in [0, 0.1) is 12.7 Å². The molecule has 0 aromatic heterocycles. The zero-order valence-corrected chi connectivity index (χ0v) is 17.3. The Labute approximate surface area is 175 Å². The highest BCUT2D eigenvalue weighted by Crippen LogP contribution is 2.39. The lowest BCUT2D eigenvalue weighted by molar-refractivity contribution is -0.128. The molecule has 7 heteroatoms.